The highest BCUT2D eigenvalue weighted by molar-refractivity contribution is 6.08. The van der Waals surface area contributed by atoms with Gasteiger partial charge in [0.1, 0.15) is 11.5 Å². The molecule has 0 atom stereocenters. The van der Waals surface area contributed by atoms with Gasteiger partial charge in [0.15, 0.2) is 0 Å². The maximum absolute atomic E-state index is 9.46. The second kappa shape index (κ2) is 2.82. The van der Waals surface area contributed by atoms with Crippen LogP contribution in [0.4, 0.5) is 0 Å². The number of phenols is 2. The van der Waals surface area contributed by atoms with E-state index in [0.717, 1.165) is 21.8 Å². The Balaban J connectivity index is 2.60. The number of benzene rings is 2. The quantitative estimate of drug-likeness (QED) is 0.500. The smallest absolute Gasteiger partial charge is 0.116 e. The van der Waals surface area contributed by atoms with Crippen LogP contribution in [0.5, 0.6) is 11.5 Å². The second-order valence-electron chi connectivity index (χ2n) is 3.77. The van der Waals surface area contributed by atoms with Crippen molar-refractivity contribution in [3.8, 4) is 11.5 Å². The number of hydrogen-bond donors (Lipinski definition) is 3. The van der Waals surface area contributed by atoms with Crippen molar-refractivity contribution < 1.29 is 10.2 Å². The molecule has 1 heterocycles. The molecular formula is C12H10N2O2. The number of aromatic nitrogens is 1. The molecule has 0 spiro atoms. The van der Waals surface area contributed by atoms with Gasteiger partial charge in [0, 0.05) is 10.8 Å². The molecule has 3 rings (SSSR count). The van der Waals surface area contributed by atoms with Gasteiger partial charge in [-0.3, -0.25) is 4.68 Å². The first-order chi connectivity index (χ1) is 7.66. The third-order valence-electron chi connectivity index (χ3n) is 2.77. The van der Waals surface area contributed by atoms with E-state index in [-0.39, 0.29) is 11.5 Å². The van der Waals surface area contributed by atoms with Gasteiger partial charge in [0.2, 0.25) is 0 Å². The van der Waals surface area contributed by atoms with Crippen LogP contribution in [0.1, 0.15) is 0 Å². The van der Waals surface area contributed by atoms with Gasteiger partial charge in [-0.25, -0.2) is 0 Å². The van der Waals surface area contributed by atoms with Crippen molar-refractivity contribution in [3.63, 3.8) is 0 Å². The molecule has 0 fully saturated rings. The molecule has 16 heavy (non-hydrogen) atoms. The second-order valence-corrected chi connectivity index (χ2v) is 3.77. The Labute approximate surface area is 91.1 Å². The van der Waals surface area contributed by atoms with Gasteiger partial charge in [-0.2, -0.15) is 0 Å². The van der Waals surface area contributed by atoms with Crippen LogP contribution >= 0.6 is 0 Å². The van der Waals surface area contributed by atoms with Crippen LogP contribution in [0.25, 0.3) is 21.8 Å². The molecule has 0 unspecified atom stereocenters. The molecule has 0 saturated carbocycles. The maximum Gasteiger partial charge on any atom is 0.116 e. The minimum Gasteiger partial charge on any atom is -0.508 e. The fraction of sp³-hybridized carbons (Fsp3) is 0. The van der Waals surface area contributed by atoms with Crippen molar-refractivity contribution >= 4 is 21.8 Å². The molecule has 0 aliphatic heterocycles. The van der Waals surface area contributed by atoms with Crippen LogP contribution in [0.2, 0.25) is 0 Å². The summed E-state index contributed by atoms with van der Waals surface area (Å²) in [5.74, 6) is 6.30. The topological polar surface area (TPSA) is 71.4 Å². The number of hydrogen-bond acceptors (Lipinski definition) is 3. The van der Waals surface area contributed by atoms with E-state index >= 15 is 0 Å². The Morgan fingerprint density at radius 1 is 0.812 bits per heavy atom. The first-order valence-corrected chi connectivity index (χ1v) is 4.88. The number of nitrogens with two attached hydrogens (primary N) is 1. The first-order valence-electron chi connectivity index (χ1n) is 4.88. The number of fused-ring (bicyclic) bond motifs is 3. The Hall–Kier alpha value is -2.36. The molecule has 0 radical (unpaired) electrons. The van der Waals surface area contributed by atoms with Gasteiger partial charge < -0.3 is 16.1 Å². The van der Waals surface area contributed by atoms with Gasteiger partial charge in [-0.1, -0.05) is 0 Å². The summed E-state index contributed by atoms with van der Waals surface area (Å²) in [6.07, 6.45) is 0. The van der Waals surface area contributed by atoms with Crippen LogP contribution in [0.15, 0.2) is 36.4 Å². The van der Waals surface area contributed by atoms with Crippen LogP contribution in [0.3, 0.4) is 0 Å². The van der Waals surface area contributed by atoms with Gasteiger partial charge in [-0.15, -0.1) is 0 Å². The number of nitrogen functional groups attached to an aromatic ring is 1. The summed E-state index contributed by atoms with van der Waals surface area (Å²) in [7, 11) is 0. The minimum absolute atomic E-state index is 0.184. The molecule has 0 bridgehead atoms. The standard InChI is InChI=1S/C12H10N2O2/c13-14-11-3-1-7(15)5-9(11)10-6-8(16)2-4-12(10)14/h1-6,15-16H,13H2. The molecule has 0 saturated heterocycles. The fourth-order valence-electron chi connectivity index (χ4n) is 2.03. The summed E-state index contributed by atoms with van der Waals surface area (Å²) in [6.45, 7) is 0. The van der Waals surface area contributed by atoms with Gasteiger partial charge in [0.05, 0.1) is 11.0 Å². The predicted octanol–water partition coefficient (Wildman–Crippen LogP) is 1.92. The van der Waals surface area contributed by atoms with E-state index in [0.29, 0.717) is 0 Å². The zero-order valence-electron chi connectivity index (χ0n) is 8.38. The molecule has 4 N–H and O–H groups in total. The molecule has 4 heteroatoms. The molecule has 2 aromatic carbocycles. The van der Waals surface area contributed by atoms with E-state index < -0.39 is 0 Å². The Bertz CT molecular complexity index is 642. The van der Waals surface area contributed by atoms with Gasteiger partial charge >= 0.3 is 0 Å². The molecular weight excluding hydrogens is 204 g/mol. The van der Waals surface area contributed by atoms with Crippen LogP contribution in [-0.4, -0.2) is 14.9 Å². The lowest BCUT2D eigenvalue weighted by Gasteiger charge is -1.97. The molecule has 4 nitrogen and oxygen atoms in total. The summed E-state index contributed by atoms with van der Waals surface area (Å²) in [6, 6.07) is 9.96. The van der Waals surface area contributed by atoms with Crippen molar-refractivity contribution in [1.29, 1.82) is 0 Å². The highest BCUT2D eigenvalue weighted by Crippen LogP contribution is 2.31. The van der Waals surface area contributed by atoms with Crippen molar-refractivity contribution in [2.45, 2.75) is 0 Å². The lowest BCUT2D eigenvalue weighted by atomic mass is 10.1. The SMILES string of the molecule is Nn1c2ccc(O)cc2c2cc(O)ccc21. The van der Waals surface area contributed by atoms with E-state index in [2.05, 4.69) is 0 Å². The lowest BCUT2D eigenvalue weighted by molar-refractivity contribution is 0.475. The van der Waals surface area contributed by atoms with E-state index in [1.165, 1.54) is 0 Å². The monoisotopic (exact) mass is 214 g/mol. The lowest BCUT2D eigenvalue weighted by Crippen LogP contribution is -2.06. The highest BCUT2D eigenvalue weighted by atomic mass is 16.3. The van der Waals surface area contributed by atoms with Crippen LogP contribution in [-0.2, 0) is 0 Å². The van der Waals surface area contributed by atoms with Crippen molar-refractivity contribution in [3.05, 3.63) is 36.4 Å². The average Bonchev–Trinajstić information content (AvgIpc) is 2.52. The van der Waals surface area contributed by atoms with E-state index in [1.807, 2.05) is 0 Å². The summed E-state index contributed by atoms with van der Waals surface area (Å²) in [4.78, 5) is 0. The van der Waals surface area contributed by atoms with Gasteiger partial charge in [0.25, 0.3) is 0 Å². The normalized spacial score (nSPS) is 11.2. The van der Waals surface area contributed by atoms with Crippen LogP contribution < -0.4 is 5.84 Å². The molecule has 1 aromatic heterocycles. The zero-order chi connectivity index (χ0) is 11.3. The van der Waals surface area contributed by atoms with E-state index in [1.54, 1.807) is 41.1 Å². The Kier molecular flexibility index (Phi) is 1.57. The molecule has 0 aliphatic rings. The van der Waals surface area contributed by atoms with Crippen LogP contribution in [0, 0.1) is 0 Å². The minimum atomic E-state index is 0.184. The fourth-order valence-corrected chi connectivity index (χ4v) is 2.03. The first kappa shape index (κ1) is 8.91. The number of nitrogens with zero attached hydrogens (tertiary/aromatic N) is 1. The van der Waals surface area contributed by atoms with Crippen molar-refractivity contribution in [2.24, 2.45) is 0 Å². The van der Waals surface area contributed by atoms with Crippen molar-refractivity contribution in [1.82, 2.24) is 4.68 Å². The third kappa shape index (κ3) is 1.04. The summed E-state index contributed by atoms with van der Waals surface area (Å²) in [5.41, 5.74) is 1.64. The molecule has 0 aliphatic carbocycles. The summed E-state index contributed by atoms with van der Waals surface area (Å²) in [5, 5.41) is 20.6. The van der Waals surface area contributed by atoms with Crippen molar-refractivity contribution in [2.75, 3.05) is 5.84 Å². The highest BCUT2D eigenvalue weighted by Gasteiger charge is 2.09. The largest absolute Gasteiger partial charge is 0.508 e. The summed E-state index contributed by atoms with van der Waals surface area (Å²) < 4.78 is 1.55. The number of rotatable bonds is 0. The Morgan fingerprint density at radius 3 is 1.69 bits per heavy atom. The molecule has 80 valence electrons. The number of aromatic hydroxyl groups is 2. The predicted molar refractivity (Wildman–Crippen MR) is 62.9 cm³/mol. The number of phenolic OH excluding ortho intramolecular Hbond substituents is 2. The summed E-state index contributed by atoms with van der Waals surface area (Å²) >= 11 is 0. The molecule has 0 amide bonds. The Morgan fingerprint density at radius 2 is 1.25 bits per heavy atom. The zero-order valence-corrected chi connectivity index (χ0v) is 8.38. The third-order valence-corrected chi connectivity index (χ3v) is 2.77. The average molecular weight is 214 g/mol. The molecule has 3 aromatic rings. The van der Waals surface area contributed by atoms with Gasteiger partial charge in [-0.05, 0) is 36.4 Å². The van der Waals surface area contributed by atoms with E-state index in [4.69, 9.17) is 5.84 Å². The van der Waals surface area contributed by atoms with E-state index in [9.17, 15) is 10.2 Å². The maximum atomic E-state index is 9.46.